The van der Waals surface area contributed by atoms with Crippen LogP contribution in [-0.4, -0.2) is 121 Å². The first-order valence-corrected chi connectivity index (χ1v) is 11.2. The molecule has 3 saturated heterocycles. The molecule has 5 heteroatoms. The summed E-state index contributed by atoms with van der Waals surface area (Å²) in [4.78, 5) is 13.4. The predicted molar refractivity (Wildman–Crippen MR) is 111 cm³/mol. The summed E-state index contributed by atoms with van der Waals surface area (Å²) in [5, 5.41) is 0. The monoisotopic (exact) mass is 365 g/mol. The van der Waals surface area contributed by atoms with Crippen molar-refractivity contribution < 1.29 is 0 Å². The Bertz CT molecular complexity index is 389. The summed E-state index contributed by atoms with van der Waals surface area (Å²) in [6.45, 7) is 24.6. The molecule has 3 aliphatic heterocycles. The van der Waals surface area contributed by atoms with Crippen molar-refractivity contribution in [2.45, 2.75) is 58.7 Å². The second-order valence-electron chi connectivity index (χ2n) is 9.21. The lowest BCUT2D eigenvalue weighted by Gasteiger charge is -2.44. The van der Waals surface area contributed by atoms with E-state index in [2.05, 4.69) is 52.2 Å². The quantitative estimate of drug-likeness (QED) is 0.707. The van der Waals surface area contributed by atoms with Crippen molar-refractivity contribution >= 4 is 0 Å². The fourth-order valence-electron chi connectivity index (χ4n) is 4.91. The molecule has 0 spiro atoms. The third-order valence-corrected chi connectivity index (χ3v) is 7.02. The van der Waals surface area contributed by atoms with E-state index in [1.165, 1.54) is 91.4 Å². The maximum atomic E-state index is 2.78. The molecule has 0 atom stereocenters. The second kappa shape index (κ2) is 9.83. The Labute approximate surface area is 162 Å². The van der Waals surface area contributed by atoms with Crippen LogP contribution >= 0.6 is 0 Å². The third-order valence-electron chi connectivity index (χ3n) is 7.02. The maximum absolute atomic E-state index is 2.78. The Hall–Kier alpha value is -0.200. The molecule has 0 saturated carbocycles. The summed E-state index contributed by atoms with van der Waals surface area (Å²) >= 11 is 0. The van der Waals surface area contributed by atoms with Crippen LogP contribution in [0.4, 0.5) is 0 Å². The summed E-state index contributed by atoms with van der Waals surface area (Å²) in [5.74, 6) is 0. The summed E-state index contributed by atoms with van der Waals surface area (Å²) in [6.07, 6.45) is 2.76. The minimum absolute atomic E-state index is 0.707. The van der Waals surface area contributed by atoms with Crippen molar-refractivity contribution in [2.75, 3.05) is 78.5 Å². The van der Waals surface area contributed by atoms with Gasteiger partial charge in [0, 0.05) is 83.6 Å². The number of rotatable bonds is 6. The van der Waals surface area contributed by atoms with E-state index in [-0.39, 0.29) is 0 Å². The Morgan fingerprint density at radius 1 is 0.577 bits per heavy atom. The molecule has 3 aliphatic rings. The Morgan fingerprint density at radius 2 is 1.00 bits per heavy atom. The van der Waals surface area contributed by atoms with E-state index < -0.39 is 0 Å². The lowest BCUT2D eigenvalue weighted by atomic mass is 10.0. The van der Waals surface area contributed by atoms with E-state index in [1.807, 2.05) is 0 Å². The molecule has 3 rings (SSSR count). The topological polar surface area (TPSA) is 16.2 Å². The molecule has 3 fully saturated rings. The molecule has 0 radical (unpaired) electrons. The van der Waals surface area contributed by atoms with Crippen molar-refractivity contribution in [3.63, 3.8) is 0 Å². The fraction of sp³-hybridized carbons (Fsp3) is 1.00. The van der Waals surface area contributed by atoms with Gasteiger partial charge in [-0.2, -0.15) is 0 Å². The van der Waals surface area contributed by atoms with Crippen molar-refractivity contribution in [1.29, 1.82) is 0 Å². The van der Waals surface area contributed by atoms with E-state index in [4.69, 9.17) is 0 Å². The Morgan fingerprint density at radius 3 is 1.46 bits per heavy atom. The van der Waals surface area contributed by atoms with Gasteiger partial charge in [0.1, 0.15) is 0 Å². The van der Waals surface area contributed by atoms with Crippen LogP contribution in [-0.2, 0) is 0 Å². The number of likely N-dealkylation sites (tertiary alicyclic amines) is 1. The molecule has 0 unspecified atom stereocenters. The zero-order valence-corrected chi connectivity index (χ0v) is 17.9. The molecule has 3 heterocycles. The third kappa shape index (κ3) is 5.65. The molecule has 0 aromatic carbocycles. The fourth-order valence-corrected chi connectivity index (χ4v) is 4.91. The van der Waals surface area contributed by atoms with Crippen LogP contribution < -0.4 is 0 Å². The van der Waals surface area contributed by atoms with Crippen LogP contribution in [0.2, 0.25) is 0 Å². The van der Waals surface area contributed by atoms with Gasteiger partial charge in [0.2, 0.25) is 0 Å². The normalized spacial score (nSPS) is 27.0. The largest absolute Gasteiger partial charge is 0.302 e. The van der Waals surface area contributed by atoms with Gasteiger partial charge in [-0.1, -0.05) is 0 Å². The second-order valence-corrected chi connectivity index (χ2v) is 9.21. The summed E-state index contributed by atoms with van der Waals surface area (Å²) in [6, 6.07) is 2.26. The van der Waals surface area contributed by atoms with E-state index in [0.717, 1.165) is 6.04 Å². The Kier molecular flexibility index (Phi) is 7.76. The van der Waals surface area contributed by atoms with Gasteiger partial charge in [0.15, 0.2) is 0 Å². The highest BCUT2D eigenvalue weighted by Gasteiger charge is 2.28. The van der Waals surface area contributed by atoms with Crippen molar-refractivity contribution in [2.24, 2.45) is 0 Å². The van der Waals surface area contributed by atoms with Crippen LogP contribution in [0.5, 0.6) is 0 Å². The van der Waals surface area contributed by atoms with E-state index >= 15 is 0 Å². The molecule has 0 bridgehead atoms. The number of piperidine rings is 1. The summed E-state index contributed by atoms with van der Waals surface area (Å²) < 4.78 is 0. The minimum atomic E-state index is 0.707. The van der Waals surface area contributed by atoms with Crippen molar-refractivity contribution in [3.8, 4) is 0 Å². The minimum Gasteiger partial charge on any atom is -0.302 e. The smallest absolute Gasteiger partial charge is 0.0121 e. The zero-order valence-electron chi connectivity index (χ0n) is 17.9. The van der Waals surface area contributed by atoms with Crippen LogP contribution in [0.1, 0.15) is 40.5 Å². The molecule has 0 aromatic rings. The van der Waals surface area contributed by atoms with Crippen LogP contribution in [0.3, 0.4) is 0 Å². The first-order valence-electron chi connectivity index (χ1n) is 11.2. The van der Waals surface area contributed by atoms with Gasteiger partial charge < -0.3 is 4.90 Å². The van der Waals surface area contributed by atoms with Crippen molar-refractivity contribution in [1.82, 2.24) is 24.5 Å². The van der Waals surface area contributed by atoms with Gasteiger partial charge in [0.05, 0.1) is 0 Å². The van der Waals surface area contributed by atoms with Crippen molar-refractivity contribution in [3.05, 3.63) is 0 Å². The number of nitrogens with zero attached hydrogens (tertiary/aromatic N) is 5. The van der Waals surface area contributed by atoms with E-state index in [1.54, 1.807) is 0 Å². The number of hydrogen-bond acceptors (Lipinski definition) is 5. The zero-order chi connectivity index (χ0) is 18.5. The molecule has 0 aromatic heterocycles. The number of hydrogen-bond donors (Lipinski definition) is 0. The van der Waals surface area contributed by atoms with Gasteiger partial charge in [-0.25, -0.2) is 0 Å². The average Bonchev–Trinajstić information content (AvgIpc) is 2.67. The van der Waals surface area contributed by atoms with Crippen LogP contribution in [0.25, 0.3) is 0 Å². The Balaban J connectivity index is 1.30. The molecular weight excluding hydrogens is 322 g/mol. The summed E-state index contributed by atoms with van der Waals surface area (Å²) in [5.41, 5.74) is 0. The first kappa shape index (κ1) is 20.5. The van der Waals surface area contributed by atoms with Gasteiger partial charge in [0.25, 0.3) is 0 Å². The van der Waals surface area contributed by atoms with Gasteiger partial charge in [-0.05, 0) is 53.6 Å². The highest BCUT2D eigenvalue weighted by molar-refractivity contribution is 4.84. The molecule has 0 amide bonds. The lowest BCUT2D eigenvalue weighted by molar-refractivity contribution is 0.0438. The van der Waals surface area contributed by atoms with Gasteiger partial charge in [-0.3, -0.25) is 19.6 Å². The molecule has 26 heavy (non-hydrogen) atoms. The van der Waals surface area contributed by atoms with E-state index in [9.17, 15) is 0 Å². The van der Waals surface area contributed by atoms with Gasteiger partial charge >= 0.3 is 0 Å². The SMILES string of the molecule is CC(C)N1CCN(CCN2CCC(N3CCN(C(C)C)CC3)CC2)CC1. The standard InChI is InChI=1S/C21H43N5/c1-19(2)24-13-11-23(12-14-24)10-9-22-7-5-21(6-8-22)26-17-15-25(16-18-26)20(3)4/h19-21H,5-18H2,1-4H3. The highest BCUT2D eigenvalue weighted by atomic mass is 15.3. The maximum Gasteiger partial charge on any atom is 0.0121 e. The highest BCUT2D eigenvalue weighted by Crippen LogP contribution is 2.19. The molecule has 0 N–H and O–H groups in total. The number of piperazine rings is 2. The van der Waals surface area contributed by atoms with Crippen LogP contribution in [0.15, 0.2) is 0 Å². The lowest BCUT2D eigenvalue weighted by Crippen LogP contribution is -2.55. The predicted octanol–water partition coefficient (Wildman–Crippen LogP) is 1.50. The van der Waals surface area contributed by atoms with Gasteiger partial charge in [-0.15, -0.1) is 0 Å². The van der Waals surface area contributed by atoms with E-state index in [0.29, 0.717) is 12.1 Å². The summed E-state index contributed by atoms with van der Waals surface area (Å²) in [7, 11) is 0. The molecule has 152 valence electrons. The first-order chi connectivity index (χ1) is 12.5. The molecule has 0 aliphatic carbocycles. The average molecular weight is 366 g/mol. The van der Waals surface area contributed by atoms with Crippen LogP contribution in [0, 0.1) is 0 Å². The molecular formula is C21H43N5. The molecule has 5 nitrogen and oxygen atoms in total.